The number of aromatic nitrogens is 1. The first-order chi connectivity index (χ1) is 14.1. The minimum absolute atomic E-state index is 0.0151. The summed E-state index contributed by atoms with van der Waals surface area (Å²) in [7, 11) is 1.98. The molecule has 2 amide bonds. The molecule has 0 atom stereocenters. The van der Waals surface area contributed by atoms with Gasteiger partial charge in [-0.3, -0.25) is 9.59 Å². The fraction of sp³-hybridized carbons (Fsp3) is 0.565. The van der Waals surface area contributed by atoms with Crippen LogP contribution in [0.4, 0.5) is 0 Å². The van der Waals surface area contributed by atoms with E-state index in [1.807, 2.05) is 47.0 Å². The second-order valence-corrected chi connectivity index (χ2v) is 8.47. The Labute approximate surface area is 172 Å². The molecule has 2 fully saturated rings. The van der Waals surface area contributed by atoms with Crippen molar-refractivity contribution < 1.29 is 14.0 Å². The molecule has 2 aromatic heterocycles. The summed E-state index contributed by atoms with van der Waals surface area (Å²) in [4.78, 5) is 30.2. The van der Waals surface area contributed by atoms with Gasteiger partial charge in [0.25, 0.3) is 0 Å². The van der Waals surface area contributed by atoms with E-state index in [0.29, 0.717) is 13.1 Å². The maximum Gasteiger partial charge on any atom is 0.242 e. The van der Waals surface area contributed by atoms with Gasteiger partial charge in [0, 0.05) is 30.9 Å². The molecule has 0 unspecified atom stereocenters. The molecule has 156 valence electrons. The third-order valence-corrected chi connectivity index (χ3v) is 6.21. The number of rotatable bonds is 8. The molecule has 0 aliphatic heterocycles. The lowest BCUT2D eigenvalue weighted by atomic mass is 9.88. The van der Waals surface area contributed by atoms with Gasteiger partial charge >= 0.3 is 0 Å². The smallest absolute Gasteiger partial charge is 0.242 e. The van der Waals surface area contributed by atoms with E-state index in [1.165, 1.54) is 6.42 Å². The molecule has 4 rings (SSSR count). The van der Waals surface area contributed by atoms with Crippen molar-refractivity contribution >= 4 is 11.8 Å². The Balaban J connectivity index is 1.47. The Hall–Kier alpha value is -2.50. The first kappa shape index (κ1) is 19.8. The number of amides is 2. The summed E-state index contributed by atoms with van der Waals surface area (Å²) in [6, 6.07) is 7.97. The normalized spacial score (nSPS) is 17.3. The topological polar surface area (TPSA) is 58.7 Å². The summed E-state index contributed by atoms with van der Waals surface area (Å²) in [6.45, 7) is 1.08. The number of furan rings is 1. The molecular formula is C23H31N3O3. The number of hydrogen-bond acceptors (Lipinski definition) is 3. The lowest BCUT2D eigenvalue weighted by Gasteiger charge is -2.31. The monoisotopic (exact) mass is 397 g/mol. The van der Waals surface area contributed by atoms with E-state index >= 15 is 0 Å². The van der Waals surface area contributed by atoms with E-state index in [0.717, 1.165) is 50.0 Å². The van der Waals surface area contributed by atoms with Crippen LogP contribution in [0.25, 0.3) is 0 Å². The Morgan fingerprint density at radius 3 is 2.48 bits per heavy atom. The second-order valence-electron chi connectivity index (χ2n) is 8.47. The summed E-state index contributed by atoms with van der Waals surface area (Å²) in [5.41, 5.74) is 1.06. The maximum absolute atomic E-state index is 13.3. The Bertz CT molecular complexity index is 816. The van der Waals surface area contributed by atoms with Crippen LogP contribution in [0.2, 0.25) is 0 Å². The molecule has 2 saturated carbocycles. The van der Waals surface area contributed by atoms with E-state index in [-0.39, 0.29) is 30.3 Å². The van der Waals surface area contributed by atoms with Crippen LogP contribution in [0.3, 0.4) is 0 Å². The van der Waals surface area contributed by atoms with Crippen molar-refractivity contribution in [2.75, 3.05) is 6.54 Å². The van der Waals surface area contributed by atoms with Gasteiger partial charge < -0.3 is 18.8 Å². The van der Waals surface area contributed by atoms with E-state index in [9.17, 15) is 9.59 Å². The van der Waals surface area contributed by atoms with Crippen molar-refractivity contribution in [1.29, 1.82) is 0 Å². The number of carbonyl (C=O) groups is 2. The van der Waals surface area contributed by atoms with Crippen LogP contribution >= 0.6 is 0 Å². The molecule has 29 heavy (non-hydrogen) atoms. The van der Waals surface area contributed by atoms with E-state index < -0.39 is 0 Å². The lowest BCUT2D eigenvalue weighted by molar-refractivity contribution is -0.145. The fourth-order valence-corrected chi connectivity index (χ4v) is 4.28. The summed E-state index contributed by atoms with van der Waals surface area (Å²) >= 11 is 0. The standard InChI is InChI=1S/C23H31N3O3/c1-24-13-5-9-20(24)15-25(16-21-10-6-14-29-21)22(27)17-26(19-11-12-19)23(28)18-7-3-2-4-8-18/h5-6,9-10,13-14,18-19H,2-4,7-8,11-12,15-17H2,1H3. The molecule has 2 aromatic rings. The minimum atomic E-state index is -0.0151. The van der Waals surface area contributed by atoms with Crippen molar-refractivity contribution in [3.05, 3.63) is 48.2 Å². The molecule has 0 N–H and O–H groups in total. The quantitative estimate of drug-likeness (QED) is 0.682. The largest absolute Gasteiger partial charge is 0.467 e. The highest BCUT2D eigenvalue weighted by Gasteiger charge is 2.38. The van der Waals surface area contributed by atoms with Crippen LogP contribution in [0.5, 0.6) is 0 Å². The third-order valence-electron chi connectivity index (χ3n) is 6.21. The van der Waals surface area contributed by atoms with E-state index in [4.69, 9.17) is 4.42 Å². The molecular weight excluding hydrogens is 366 g/mol. The average Bonchev–Trinajstić information content (AvgIpc) is 3.30. The summed E-state index contributed by atoms with van der Waals surface area (Å²) in [6.07, 6.45) is 11.0. The van der Waals surface area contributed by atoms with E-state index in [1.54, 1.807) is 11.2 Å². The first-order valence-corrected chi connectivity index (χ1v) is 10.8. The maximum atomic E-state index is 13.3. The Kier molecular flexibility index (Phi) is 6.07. The predicted molar refractivity (Wildman–Crippen MR) is 110 cm³/mol. The third kappa shape index (κ3) is 4.92. The van der Waals surface area contributed by atoms with Gasteiger partial charge in [-0.2, -0.15) is 0 Å². The zero-order valence-corrected chi connectivity index (χ0v) is 17.3. The van der Waals surface area contributed by atoms with Gasteiger partial charge in [0.1, 0.15) is 12.3 Å². The zero-order chi connectivity index (χ0) is 20.2. The highest BCUT2D eigenvalue weighted by molar-refractivity contribution is 5.86. The van der Waals surface area contributed by atoms with E-state index in [2.05, 4.69) is 0 Å². The van der Waals surface area contributed by atoms with Crippen LogP contribution < -0.4 is 0 Å². The highest BCUT2D eigenvalue weighted by Crippen LogP contribution is 2.32. The van der Waals surface area contributed by atoms with Gasteiger partial charge in [0.05, 0.1) is 19.4 Å². The molecule has 0 saturated heterocycles. The summed E-state index contributed by atoms with van der Waals surface area (Å²) in [5, 5.41) is 0. The molecule has 2 aliphatic rings. The average molecular weight is 398 g/mol. The lowest BCUT2D eigenvalue weighted by Crippen LogP contribution is -2.46. The van der Waals surface area contributed by atoms with Crippen LogP contribution in [-0.4, -0.2) is 38.8 Å². The number of carbonyl (C=O) groups excluding carboxylic acids is 2. The molecule has 2 heterocycles. The van der Waals surface area contributed by atoms with Gasteiger partial charge in [-0.15, -0.1) is 0 Å². The summed E-state index contributed by atoms with van der Waals surface area (Å²) < 4.78 is 7.51. The SMILES string of the molecule is Cn1cccc1CN(Cc1ccco1)C(=O)CN(C(=O)C1CCCCC1)C1CC1. The highest BCUT2D eigenvalue weighted by atomic mass is 16.3. The molecule has 0 radical (unpaired) electrons. The van der Waals surface area contributed by atoms with Crippen molar-refractivity contribution in [2.45, 2.75) is 64.1 Å². The Morgan fingerprint density at radius 2 is 1.86 bits per heavy atom. The van der Waals surface area contributed by atoms with Crippen LogP contribution in [0.15, 0.2) is 41.1 Å². The van der Waals surface area contributed by atoms with Crippen molar-refractivity contribution in [2.24, 2.45) is 13.0 Å². The van der Waals surface area contributed by atoms with Gasteiger partial charge in [0.2, 0.25) is 11.8 Å². The molecule has 0 spiro atoms. The van der Waals surface area contributed by atoms with Gasteiger partial charge in [0.15, 0.2) is 0 Å². The first-order valence-electron chi connectivity index (χ1n) is 10.8. The summed E-state index contributed by atoms with van der Waals surface area (Å²) in [5.74, 6) is 1.03. The zero-order valence-electron chi connectivity index (χ0n) is 17.3. The van der Waals surface area contributed by atoms with Crippen molar-refractivity contribution in [3.8, 4) is 0 Å². The van der Waals surface area contributed by atoms with Crippen molar-refractivity contribution in [3.63, 3.8) is 0 Å². The number of hydrogen-bond donors (Lipinski definition) is 0. The molecule has 2 aliphatic carbocycles. The van der Waals surface area contributed by atoms with Crippen LogP contribution in [0, 0.1) is 5.92 Å². The fourth-order valence-electron chi connectivity index (χ4n) is 4.28. The minimum Gasteiger partial charge on any atom is -0.467 e. The molecule has 6 heteroatoms. The van der Waals surface area contributed by atoms with Crippen LogP contribution in [0.1, 0.15) is 56.4 Å². The Morgan fingerprint density at radius 1 is 1.07 bits per heavy atom. The van der Waals surface area contributed by atoms with Crippen molar-refractivity contribution in [1.82, 2.24) is 14.4 Å². The number of nitrogens with zero attached hydrogens (tertiary/aromatic N) is 3. The predicted octanol–water partition coefficient (Wildman–Crippen LogP) is 3.72. The molecule has 0 aromatic carbocycles. The van der Waals surface area contributed by atoms with Gasteiger partial charge in [-0.05, 0) is 49.9 Å². The second kappa shape index (κ2) is 8.89. The van der Waals surface area contributed by atoms with Gasteiger partial charge in [-0.1, -0.05) is 19.3 Å². The van der Waals surface area contributed by atoms with Crippen LogP contribution in [-0.2, 0) is 29.7 Å². The molecule has 6 nitrogen and oxygen atoms in total. The molecule has 0 bridgehead atoms. The van der Waals surface area contributed by atoms with Gasteiger partial charge in [-0.25, -0.2) is 0 Å². The number of aryl methyl sites for hydroxylation is 1.